The molecule has 0 saturated carbocycles. The van der Waals surface area contributed by atoms with E-state index in [4.69, 9.17) is 32.9 Å². The molecule has 0 aliphatic carbocycles. The molecule has 1 heterocycles. The molecule has 1 N–H and O–H groups in total. The van der Waals surface area contributed by atoms with Gasteiger partial charge in [-0.15, -0.1) is 0 Å². The zero-order chi connectivity index (χ0) is 26.3. The van der Waals surface area contributed by atoms with Crippen molar-refractivity contribution in [2.24, 2.45) is 4.99 Å². The lowest BCUT2D eigenvalue weighted by atomic mass is 9.72. The van der Waals surface area contributed by atoms with E-state index in [0.717, 1.165) is 28.1 Å². The van der Waals surface area contributed by atoms with Crippen LogP contribution in [0.25, 0.3) is 0 Å². The number of carbonyl (C=O) groups is 1. The second-order valence-corrected chi connectivity index (χ2v) is 11.0. The number of carbonyl (C=O) groups excluding carboxylic acids is 1. The maximum Gasteiger partial charge on any atom is 0.139 e. The predicted octanol–water partition coefficient (Wildman–Crippen LogP) is 7.44. The molecule has 3 aromatic carbocycles. The number of hydrogen-bond donors (Lipinski definition) is 1. The monoisotopic (exact) mass is 522 g/mol. The van der Waals surface area contributed by atoms with Gasteiger partial charge in [0, 0.05) is 15.5 Å². The first-order valence-corrected chi connectivity index (χ1v) is 12.9. The van der Waals surface area contributed by atoms with Gasteiger partial charge in [-0.1, -0.05) is 53.5 Å². The van der Waals surface area contributed by atoms with Gasteiger partial charge in [0.2, 0.25) is 0 Å². The number of Topliss-reactive ketones (excluding diaryl/α,β-unsaturated/α-hetero) is 1. The van der Waals surface area contributed by atoms with Crippen LogP contribution < -0.4 is 10.1 Å². The van der Waals surface area contributed by atoms with Crippen molar-refractivity contribution in [3.8, 4) is 5.75 Å². The Morgan fingerprint density at radius 2 is 1.50 bits per heavy atom. The molecule has 0 aromatic heterocycles. The van der Waals surface area contributed by atoms with Crippen molar-refractivity contribution in [1.29, 1.82) is 0 Å². The molecule has 0 radical (unpaired) electrons. The molecule has 36 heavy (non-hydrogen) atoms. The summed E-state index contributed by atoms with van der Waals surface area (Å²) < 4.78 is 6.08. The second kappa shape index (κ2) is 9.57. The number of ether oxygens (including phenoxy) is 1. The highest BCUT2D eigenvalue weighted by Crippen LogP contribution is 2.48. The van der Waals surface area contributed by atoms with Crippen molar-refractivity contribution in [3.05, 3.63) is 99.0 Å². The van der Waals surface area contributed by atoms with Crippen molar-refractivity contribution in [1.82, 2.24) is 5.32 Å². The number of benzene rings is 3. The van der Waals surface area contributed by atoms with E-state index in [1.807, 2.05) is 87.5 Å². The normalized spacial score (nSPS) is 21.6. The minimum atomic E-state index is -0.665. The van der Waals surface area contributed by atoms with Gasteiger partial charge in [-0.3, -0.25) is 9.79 Å². The lowest BCUT2D eigenvalue weighted by Crippen LogP contribution is -2.50. The Balaban J connectivity index is 1.89. The third kappa shape index (κ3) is 4.42. The first kappa shape index (κ1) is 26.2. The summed E-state index contributed by atoms with van der Waals surface area (Å²) in [6.07, 6.45) is 0. The summed E-state index contributed by atoms with van der Waals surface area (Å²) >= 11 is 12.4. The molecule has 2 unspecified atom stereocenters. The van der Waals surface area contributed by atoms with Crippen molar-refractivity contribution in [2.75, 3.05) is 6.61 Å². The number of nitrogens with one attached hydrogen (secondary N) is 1. The number of ketones is 1. The summed E-state index contributed by atoms with van der Waals surface area (Å²) in [5.41, 5.74) is 1.95. The second-order valence-electron chi connectivity index (χ2n) is 10.1. The summed E-state index contributed by atoms with van der Waals surface area (Å²) in [7, 11) is 0. The van der Waals surface area contributed by atoms with Gasteiger partial charge >= 0.3 is 0 Å². The molecule has 6 heteroatoms. The van der Waals surface area contributed by atoms with Gasteiger partial charge in [0.1, 0.15) is 22.9 Å². The van der Waals surface area contributed by atoms with Gasteiger partial charge in [0.15, 0.2) is 0 Å². The molecule has 4 rings (SSSR count). The summed E-state index contributed by atoms with van der Waals surface area (Å²) in [6.45, 7) is 12.2. The van der Waals surface area contributed by atoms with E-state index in [2.05, 4.69) is 19.2 Å². The highest BCUT2D eigenvalue weighted by Gasteiger charge is 2.52. The van der Waals surface area contributed by atoms with Gasteiger partial charge < -0.3 is 10.1 Å². The number of rotatable bonds is 7. The van der Waals surface area contributed by atoms with Crippen LogP contribution >= 0.6 is 23.2 Å². The van der Waals surface area contributed by atoms with Crippen LogP contribution in [0.5, 0.6) is 5.75 Å². The van der Waals surface area contributed by atoms with Crippen molar-refractivity contribution < 1.29 is 9.53 Å². The van der Waals surface area contributed by atoms with Gasteiger partial charge in [0.05, 0.1) is 17.7 Å². The topological polar surface area (TPSA) is 50.7 Å². The Hall–Kier alpha value is -2.82. The molecule has 0 spiro atoms. The van der Waals surface area contributed by atoms with Crippen LogP contribution in [0.1, 0.15) is 63.8 Å². The van der Waals surface area contributed by atoms with Gasteiger partial charge in [-0.05, 0) is 94.6 Å². The number of halogens is 2. The van der Waals surface area contributed by atoms with Crippen LogP contribution in [0.15, 0.2) is 71.7 Å². The predicted molar refractivity (Wildman–Crippen MR) is 149 cm³/mol. The van der Waals surface area contributed by atoms with E-state index >= 15 is 0 Å². The first-order valence-electron chi connectivity index (χ1n) is 12.1. The fourth-order valence-corrected chi connectivity index (χ4v) is 4.95. The third-order valence-corrected chi connectivity index (χ3v) is 8.15. The molecule has 0 bridgehead atoms. The van der Waals surface area contributed by atoms with E-state index in [9.17, 15) is 4.79 Å². The smallest absolute Gasteiger partial charge is 0.139 e. The Kier molecular flexibility index (Phi) is 6.98. The third-order valence-electron chi connectivity index (χ3n) is 7.64. The summed E-state index contributed by atoms with van der Waals surface area (Å²) in [4.78, 5) is 17.6. The van der Waals surface area contributed by atoms with Crippen LogP contribution in [-0.2, 0) is 21.3 Å². The molecular weight excluding hydrogens is 491 g/mol. The van der Waals surface area contributed by atoms with Crippen molar-refractivity contribution in [3.63, 3.8) is 0 Å². The lowest BCUT2D eigenvalue weighted by Gasteiger charge is -2.40. The minimum Gasteiger partial charge on any atom is -0.493 e. The van der Waals surface area contributed by atoms with Crippen LogP contribution in [0, 0.1) is 0 Å². The van der Waals surface area contributed by atoms with Gasteiger partial charge in [0.25, 0.3) is 0 Å². The van der Waals surface area contributed by atoms with Crippen molar-refractivity contribution >= 4 is 34.8 Å². The molecule has 1 aliphatic rings. The van der Waals surface area contributed by atoms with E-state index in [1.54, 1.807) is 6.92 Å². The fraction of sp³-hybridized carbons (Fsp3) is 0.333. The van der Waals surface area contributed by atoms with E-state index in [0.29, 0.717) is 22.4 Å². The van der Waals surface area contributed by atoms with Crippen LogP contribution in [0.2, 0.25) is 10.0 Å². The zero-order valence-electron chi connectivity index (χ0n) is 21.6. The Bertz CT molecular complexity index is 1320. The fourth-order valence-electron chi connectivity index (χ4n) is 4.70. The van der Waals surface area contributed by atoms with E-state index in [-0.39, 0.29) is 5.78 Å². The van der Waals surface area contributed by atoms with Crippen LogP contribution in [0.4, 0.5) is 0 Å². The standard InChI is InChI=1S/C30H32Cl2N2O2/c1-7-36-26-18-22(28(3,4)19(2)35)12-17-25(26)27-33-29(5,20-8-13-23(31)14-9-20)30(6,34-27)21-10-15-24(32)16-11-21/h8-18H,7H2,1-6H3,(H,33,34). The first-order chi connectivity index (χ1) is 16.9. The Morgan fingerprint density at radius 1 is 0.944 bits per heavy atom. The molecule has 188 valence electrons. The maximum atomic E-state index is 12.3. The number of aliphatic imine (C=N–C) groups is 1. The lowest BCUT2D eigenvalue weighted by molar-refractivity contribution is -0.121. The molecule has 0 amide bonds. The molecule has 1 aliphatic heterocycles. The molecule has 3 aromatic rings. The Labute approximate surface area is 223 Å². The SMILES string of the molecule is CCOc1cc(C(C)(C)C(C)=O)ccc1C1=NC(C)(c2ccc(Cl)cc2)C(C)(c2ccc(Cl)cc2)N1. The molecule has 0 saturated heterocycles. The Morgan fingerprint density at radius 3 is 2.03 bits per heavy atom. The zero-order valence-corrected chi connectivity index (χ0v) is 23.1. The van der Waals surface area contributed by atoms with Crippen LogP contribution in [0.3, 0.4) is 0 Å². The molecule has 4 nitrogen and oxygen atoms in total. The largest absolute Gasteiger partial charge is 0.493 e. The average Bonchev–Trinajstić information content (AvgIpc) is 3.12. The molecule has 0 fully saturated rings. The highest BCUT2D eigenvalue weighted by atomic mass is 35.5. The molecule has 2 atom stereocenters. The quantitative estimate of drug-likeness (QED) is 0.350. The van der Waals surface area contributed by atoms with E-state index in [1.165, 1.54) is 0 Å². The van der Waals surface area contributed by atoms with Crippen LogP contribution in [-0.4, -0.2) is 18.2 Å². The number of amidine groups is 1. The minimum absolute atomic E-state index is 0.0969. The van der Waals surface area contributed by atoms with Gasteiger partial charge in [-0.25, -0.2) is 0 Å². The number of hydrogen-bond acceptors (Lipinski definition) is 4. The summed E-state index contributed by atoms with van der Waals surface area (Å²) in [6, 6.07) is 21.6. The van der Waals surface area contributed by atoms with Gasteiger partial charge in [-0.2, -0.15) is 0 Å². The number of nitrogens with zero attached hydrogens (tertiary/aromatic N) is 1. The maximum absolute atomic E-state index is 12.3. The average molecular weight is 524 g/mol. The van der Waals surface area contributed by atoms with Crippen molar-refractivity contribution in [2.45, 2.75) is 58.0 Å². The summed E-state index contributed by atoms with van der Waals surface area (Å²) in [5.74, 6) is 1.51. The summed E-state index contributed by atoms with van der Waals surface area (Å²) in [5, 5.41) is 5.08. The van der Waals surface area contributed by atoms with E-state index < -0.39 is 16.5 Å². The molecular formula is C30H32Cl2N2O2. The highest BCUT2D eigenvalue weighted by molar-refractivity contribution is 6.30.